The highest BCUT2D eigenvalue weighted by Gasteiger charge is 2.28. The number of nitrogens with zero attached hydrogens (tertiary/aromatic N) is 1. The van der Waals surface area contributed by atoms with E-state index in [0.717, 1.165) is 21.0 Å². The lowest BCUT2D eigenvalue weighted by atomic mass is 10.0. The van der Waals surface area contributed by atoms with Crippen molar-refractivity contribution in [2.75, 3.05) is 10.8 Å². The third-order valence-electron chi connectivity index (χ3n) is 5.29. The smallest absolute Gasteiger partial charge is 0.264 e. The van der Waals surface area contributed by atoms with Gasteiger partial charge in [0.05, 0.1) is 16.6 Å². The van der Waals surface area contributed by atoms with Crippen molar-refractivity contribution < 1.29 is 13.2 Å². The van der Waals surface area contributed by atoms with Crippen molar-refractivity contribution in [2.24, 2.45) is 0 Å². The number of amides is 1. The molecule has 0 aliphatic carbocycles. The molecule has 3 rings (SSSR count). The van der Waals surface area contributed by atoms with E-state index in [1.54, 1.807) is 36.4 Å². The number of nitrogens with one attached hydrogen (secondary N) is 1. The van der Waals surface area contributed by atoms with E-state index in [9.17, 15) is 13.2 Å². The lowest BCUT2D eigenvalue weighted by molar-refractivity contribution is -0.120. The lowest BCUT2D eigenvalue weighted by Gasteiger charge is -2.26. The van der Waals surface area contributed by atoms with Crippen molar-refractivity contribution >= 4 is 33.2 Å². The van der Waals surface area contributed by atoms with Crippen molar-refractivity contribution in [1.82, 2.24) is 5.32 Å². The highest BCUT2D eigenvalue weighted by atomic mass is 35.5. The van der Waals surface area contributed by atoms with Crippen LogP contribution < -0.4 is 9.62 Å². The van der Waals surface area contributed by atoms with Crippen LogP contribution >= 0.6 is 11.6 Å². The Morgan fingerprint density at radius 3 is 2.25 bits per heavy atom. The molecule has 0 saturated carbocycles. The number of rotatable bonds is 8. The topological polar surface area (TPSA) is 66.5 Å². The first-order valence-electron chi connectivity index (χ1n) is 10.4. The van der Waals surface area contributed by atoms with Crippen LogP contribution in [0.25, 0.3) is 0 Å². The molecule has 1 N–H and O–H groups in total. The largest absolute Gasteiger partial charge is 0.348 e. The standard InChI is InChI=1S/C25H27ClN2O3S/c1-4-24(20-13-10-18(2)11-14-20)27-25(29)17-28(21-15-12-19(3)23(26)16-21)32(30,31)22-8-6-5-7-9-22/h5-16,24H,4,17H2,1-3H3,(H,27,29)/t24-/m0/s1. The minimum Gasteiger partial charge on any atom is -0.348 e. The highest BCUT2D eigenvalue weighted by Crippen LogP contribution is 2.28. The summed E-state index contributed by atoms with van der Waals surface area (Å²) in [5.41, 5.74) is 3.26. The van der Waals surface area contributed by atoms with E-state index in [2.05, 4.69) is 5.32 Å². The van der Waals surface area contributed by atoms with Gasteiger partial charge in [0.25, 0.3) is 10.0 Å². The summed E-state index contributed by atoms with van der Waals surface area (Å²) in [5.74, 6) is -0.395. The van der Waals surface area contributed by atoms with Crippen LogP contribution in [0.4, 0.5) is 5.69 Å². The van der Waals surface area contributed by atoms with Crippen LogP contribution in [0.2, 0.25) is 5.02 Å². The molecule has 3 aromatic carbocycles. The molecule has 0 unspecified atom stereocenters. The Morgan fingerprint density at radius 2 is 1.66 bits per heavy atom. The van der Waals surface area contributed by atoms with Crippen molar-refractivity contribution in [2.45, 2.75) is 38.1 Å². The van der Waals surface area contributed by atoms with E-state index in [4.69, 9.17) is 11.6 Å². The average Bonchev–Trinajstić information content (AvgIpc) is 2.79. The number of aryl methyl sites for hydroxylation is 2. The first-order valence-corrected chi connectivity index (χ1v) is 12.2. The zero-order chi connectivity index (χ0) is 23.3. The van der Waals surface area contributed by atoms with E-state index >= 15 is 0 Å². The van der Waals surface area contributed by atoms with Crippen molar-refractivity contribution in [3.63, 3.8) is 0 Å². The summed E-state index contributed by atoms with van der Waals surface area (Å²) in [4.78, 5) is 13.1. The summed E-state index contributed by atoms with van der Waals surface area (Å²) in [6, 6.07) is 20.7. The van der Waals surface area contributed by atoms with Gasteiger partial charge in [-0.05, 0) is 55.7 Å². The number of carbonyl (C=O) groups excluding carboxylic acids is 1. The molecular weight excluding hydrogens is 444 g/mol. The number of sulfonamides is 1. The number of carbonyl (C=O) groups is 1. The van der Waals surface area contributed by atoms with Gasteiger partial charge in [-0.15, -0.1) is 0 Å². The van der Waals surface area contributed by atoms with E-state index in [1.165, 1.54) is 12.1 Å². The van der Waals surface area contributed by atoms with Gasteiger partial charge in [-0.3, -0.25) is 9.10 Å². The zero-order valence-electron chi connectivity index (χ0n) is 18.4. The number of hydrogen-bond acceptors (Lipinski definition) is 3. The summed E-state index contributed by atoms with van der Waals surface area (Å²) >= 11 is 6.27. The molecule has 5 nitrogen and oxygen atoms in total. The average molecular weight is 471 g/mol. The third-order valence-corrected chi connectivity index (χ3v) is 7.48. The maximum atomic E-state index is 13.4. The first-order chi connectivity index (χ1) is 15.2. The Kier molecular flexibility index (Phi) is 7.59. The molecule has 1 amide bonds. The first kappa shape index (κ1) is 23.8. The van der Waals surface area contributed by atoms with Crippen LogP contribution in [0.5, 0.6) is 0 Å². The number of hydrogen-bond donors (Lipinski definition) is 1. The molecule has 32 heavy (non-hydrogen) atoms. The van der Waals surface area contributed by atoms with E-state index in [1.807, 2.05) is 45.0 Å². The molecule has 0 aromatic heterocycles. The molecule has 0 aliphatic heterocycles. The normalized spacial score (nSPS) is 12.2. The Bertz CT molecular complexity index is 1180. The van der Waals surface area contributed by atoms with Crippen molar-refractivity contribution in [3.8, 4) is 0 Å². The van der Waals surface area contributed by atoms with Crippen molar-refractivity contribution in [3.05, 3.63) is 94.5 Å². The van der Waals surface area contributed by atoms with Gasteiger partial charge in [-0.1, -0.05) is 72.6 Å². The zero-order valence-corrected chi connectivity index (χ0v) is 20.0. The molecule has 1 atom stereocenters. The van der Waals surface area contributed by atoms with E-state index in [-0.39, 0.29) is 17.5 Å². The summed E-state index contributed by atoms with van der Waals surface area (Å²) in [5, 5.41) is 3.41. The molecule has 0 aliphatic rings. The Labute approximate surface area is 195 Å². The second-order valence-electron chi connectivity index (χ2n) is 7.70. The van der Waals surface area contributed by atoms with E-state index in [0.29, 0.717) is 17.1 Å². The summed E-state index contributed by atoms with van der Waals surface area (Å²) in [6.45, 7) is 5.45. The van der Waals surface area contributed by atoms with Gasteiger partial charge in [-0.25, -0.2) is 8.42 Å². The van der Waals surface area contributed by atoms with Crippen LogP contribution in [-0.4, -0.2) is 20.9 Å². The molecule has 0 spiro atoms. The van der Waals surface area contributed by atoms with Crippen molar-refractivity contribution in [1.29, 1.82) is 0 Å². The van der Waals surface area contributed by atoms with Gasteiger partial charge in [0.2, 0.25) is 5.91 Å². The molecule has 0 saturated heterocycles. The highest BCUT2D eigenvalue weighted by molar-refractivity contribution is 7.92. The van der Waals surface area contributed by atoms with Crippen LogP contribution in [0, 0.1) is 13.8 Å². The minimum atomic E-state index is -3.98. The van der Waals surface area contributed by atoms with Gasteiger partial charge < -0.3 is 5.32 Å². The van der Waals surface area contributed by atoms with Gasteiger partial charge in [0.15, 0.2) is 0 Å². The van der Waals surface area contributed by atoms with Crippen LogP contribution in [0.3, 0.4) is 0 Å². The molecule has 168 valence electrons. The summed E-state index contributed by atoms with van der Waals surface area (Å²) in [6.07, 6.45) is 0.677. The third kappa shape index (κ3) is 5.50. The Balaban J connectivity index is 1.92. The molecule has 0 fully saturated rings. The van der Waals surface area contributed by atoms with Gasteiger partial charge in [0.1, 0.15) is 6.54 Å². The molecule has 0 radical (unpaired) electrons. The molecule has 3 aromatic rings. The molecular formula is C25H27ClN2O3S. The van der Waals surface area contributed by atoms with E-state index < -0.39 is 15.9 Å². The van der Waals surface area contributed by atoms with Gasteiger partial charge in [-0.2, -0.15) is 0 Å². The molecule has 0 heterocycles. The summed E-state index contributed by atoms with van der Waals surface area (Å²) in [7, 11) is -3.98. The monoisotopic (exact) mass is 470 g/mol. The Morgan fingerprint density at radius 1 is 1.00 bits per heavy atom. The predicted molar refractivity (Wildman–Crippen MR) is 130 cm³/mol. The van der Waals surface area contributed by atoms with Crippen LogP contribution in [0.1, 0.15) is 36.1 Å². The maximum absolute atomic E-state index is 13.4. The van der Waals surface area contributed by atoms with Crippen LogP contribution in [-0.2, 0) is 14.8 Å². The number of halogens is 1. The molecule has 7 heteroatoms. The van der Waals surface area contributed by atoms with Crippen LogP contribution in [0.15, 0.2) is 77.7 Å². The fourth-order valence-corrected chi connectivity index (χ4v) is 4.97. The maximum Gasteiger partial charge on any atom is 0.264 e. The quantitative estimate of drug-likeness (QED) is 0.478. The lowest BCUT2D eigenvalue weighted by Crippen LogP contribution is -2.42. The minimum absolute atomic E-state index is 0.107. The van der Waals surface area contributed by atoms with Gasteiger partial charge in [0, 0.05) is 5.02 Å². The summed E-state index contributed by atoms with van der Waals surface area (Å²) < 4.78 is 28.0. The second-order valence-corrected chi connectivity index (χ2v) is 9.97. The predicted octanol–water partition coefficient (Wildman–Crippen LogP) is 5.42. The fourth-order valence-electron chi connectivity index (χ4n) is 3.36. The second kappa shape index (κ2) is 10.2. The Hall–Kier alpha value is -2.83. The fraction of sp³-hybridized carbons (Fsp3) is 0.240. The SMILES string of the molecule is CC[C@H](NC(=O)CN(c1ccc(C)c(Cl)c1)S(=O)(=O)c1ccccc1)c1ccc(C)cc1. The number of benzene rings is 3. The number of anilines is 1. The molecule has 0 bridgehead atoms. The van der Waals surface area contributed by atoms with Gasteiger partial charge >= 0.3 is 0 Å².